The van der Waals surface area contributed by atoms with Gasteiger partial charge in [-0.25, -0.2) is 0 Å². The van der Waals surface area contributed by atoms with Gasteiger partial charge in [0, 0.05) is 19.1 Å². The van der Waals surface area contributed by atoms with Crippen molar-refractivity contribution in [1.29, 1.82) is 0 Å². The first-order chi connectivity index (χ1) is 12.6. The molecule has 0 unspecified atom stereocenters. The molecule has 0 spiro atoms. The van der Waals surface area contributed by atoms with Crippen LogP contribution in [0.25, 0.3) is 0 Å². The monoisotopic (exact) mass is 371 g/mol. The zero-order chi connectivity index (χ0) is 19.8. The van der Waals surface area contributed by atoms with Gasteiger partial charge < -0.3 is 15.5 Å². The Balaban J connectivity index is 1.58. The maximum Gasteiger partial charge on any atom is 0.245 e. The highest BCUT2D eigenvalue weighted by Crippen LogP contribution is 2.25. The van der Waals surface area contributed by atoms with Gasteiger partial charge in [-0.15, -0.1) is 0 Å². The summed E-state index contributed by atoms with van der Waals surface area (Å²) in [6, 6.07) is 8.16. The minimum Gasteiger partial charge on any atom is -0.342 e. The van der Waals surface area contributed by atoms with E-state index < -0.39 is 0 Å². The summed E-state index contributed by atoms with van der Waals surface area (Å²) in [5.41, 5.74) is 2.70. The van der Waals surface area contributed by atoms with E-state index in [9.17, 15) is 9.59 Å². The number of benzene rings is 1. The number of nitrogens with zero attached hydrogens (tertiary/aromatic N) is 1. The molecule has 3 rings (SSSR count). The molecule has 2 aliphatic heterocycles. The van der Waals surface area contributed by atoms with E-state index in [0.717, 1.165) is 6.54 Å². The van der Waals surface area contributed by atoms with E-state index in [4.69, 9.17) is 0 Å². The first-order valence-electron chi connectivity index (χ1n) is 10.1. The highest BCUT2D eigenvalue weighted by Gasteiger charge is 2.46. The highest BCUT2D eigenvalue weighted by atomic mass is 16.2. The summed E-state index contributed by atoms with van der Waals surface area (Å²) in [6.45, 7) is 12.2. The van der Waals surface area contributed by atoms with Crippen LogP contribution in [0.3, 0.4) is 0 Å². The molecule has 0 bridgehead atoms. The third-order valence-electron chi connectivity index (χ3n) is 5.62. The van der Waals surface area contributed by atoms with Crippen molar-refractivity contribution in [2.45, 2.75) is 77.5 Å². The van der Waals surface area contributed by atoms with Gasteiger partial charge in [0.1, 0.15) is 12.1 Å². The second kappa shape index (κ2) is 7.63. The molecule has 2 fully saturated rings. The normalized spacial score (nSPS) is 25.7. The molecule has 2 saturated heterocycles. The molecule has 2 heterocycles. The minimum absolute atomic E-state index is 0.000852. The van der Waals surface area contributed by atoms with Crippen molar-refractivity contribution < 1.29 is 9.59 Å². The summed E-state index contributed by atoms with van der Waals surface area (Å²) in [4.78, 5) is 26.9. The molecule has 148 valence electrons. The van der Waals surface area contributed by atoms with Crippen molar-refractivity contribution in [3.8, 4) is 0 Å². The number of hydrogen-bond donors (Lipinski definition) is 2. The maximum absolute atomic E-state index is 12.7. The van der Waals surface area contributed by atoms with Crippen molar-refractivity contribution in [2.24, 2.45) is 5.92 Å². The fraction of sp³-hybridized carbons (Fsp3) is 0.636. The Morgan fingerprint density at radius 1 is 1.19 bits per heavy atom. The van der Waals surface area contributed by atoms with Crippen molar-refractivity contribution >= 4 is 11.8 Å². The molecule has 0 aliphatic carbocycles. The molecule has 1 aromatic carbocycles. The Morgan fingerprint density at radius 3 is 2.44 bits per heavy atom. The first-order valence-corrected chi connectivity index (χ1v) is 10.1. The fourth-order valence-corrected chi connectivity index (χ4v) is 4.02. The molecule has 0 aromatic heterocycles. The molecule has 2 aliphatic rings. The number of rotatable bonds is 5. The lowest BCUT2D eigenvalue weighted by Gasteiger charge is -2.35. The van der Waals surface area contributed by atoms with Gasteiger partial charge in [-0.05, 0) is 35.3 Å². The van der Waals surface area contributed by atoms with Crippen molar-refractivity contribution in [3.05, 3.63) is 35.4 Å². The zero-order valence-corrected chi connectivity index (χ0v) is 17.2. The van der Waals surface area contributed by atoms with E-state index in [-0.39, 0.29) is 35.4 Å². The molecule has 2 amide bonds. The van der Waals surface area contributed by atoms with Gasteiger partial charge in [-0.1, -0.05) is 58.9 Å². The predicted octanol–water partition coefficient (Wildman–Crippen LogP) is 2.59. The number of amides is 2. The van der Waals surface area contributed by atoms with E-state index in [0.29, 0.717) is 25.3 Å². The SMILES string of the molecule is CC(C)C[C@H]1NC(=O)[C@@H]2C[C@H](NCc3ccc(C(C)(C)C)cc3)CN2C1=O. The van der Waals surface area contributed by atoms with Crippen LogP contribution >= 0.6 is 0 Å². The van der Waals surface area contributed by atoms with Crippen LogP contribution in [-0.2, 0) is 21.5 Å². The Labute approximate surface area is 162 Å². The summed E-state index contributed by atoms with van der Waals surface area (Å²) in [5, 5.41) is 6.46. The van der Waals surface area contributed by atoms with Crippen LogP contribution < -0.4 is 10.6 Å². The molecular weight excluding hydrogens is 338 g/mol. The lowest BCUT2D eigenvalue weighted by molar-refractivity contribution is -0.147. The smallest absolute Gasteiger partial charge is 0.245 e. The molecule has 0 radical (unpaired) electrons. The van der Waals surface area contributed by atoms with Crippen LogP contribution in [0.2, 0.25) is 0 Å². The van der Waals surface area contributed by atoms with E-state index in [1.54, 1.807) is 4.90 Å². The average Bonchev–Trinajstić information content (AvgIpc) is 3.02. The zero-order valence-electron chi connectivity index (χ0n) is 17.2. The number of nitrogens with one attached hydrogen (secondary N) is 2. The minimum atomic E-state index is -0.363. The average molecular weight is 372 g/mol. The number of carbonyl (C=O) groups is 2. The number of carbonyl (C=O) groups excluding carboxylic acids is 2. The molecule has 0 saturated carbocycles. The van der Waals surface area contributed by atoms with E-state index in [1.807, 2.05) is 0 Å². The molecule has 3 atom stereocenters. The van der Waals surface area contributed by atoms with E-state index in [1.165, 1.54) is 11.1 Å². The summed E-state index contributed by atoms with van der Waals surface area (Å²) >= 11 is 0. The van der Waals surface area contributed by atoms with Crippen molar-refractivity contribution in [1.82, 2.24) is 15.5 Å². The van der Waals surface area contributed by atoms with Gasteiger partial charge in [0.25, 0.3) is 0 Å². The predicted molar refractivity (Wildman–Crippen MR) is 107 cm³/mol. The van der Waals surface area contributed by atoms with Crippen LogP contribution in [0.4, 0.5) is 0 Å². The third-order valence-corrected chi connectivity index (χ3v) is 5.62. The third kappa shape index (κ3) is 4.52. The summed E-state index contributed by atoms with van der Waals surface area (Å²) < 4.78 is 0. The molecule has 1 aromatic rings. The summed E-state index contributed by atoms with van der Waals surface area (Å²) in [7, 11) is 0. The number of hydrogen-bond acceptors (Lipinski definition) is 3. The highest BCUT2D eigenvalue weighted by molar-refractivity contribution is 5.97. The van der Waals surface area contributed by atoms with Gasteiger partial charge in [-0.2, -0.15) is 0 Å². The quantitative estimate of drug-likeness (QED) is 0.836. The standard InChI is InChI=1S/C22H33N3O2/c1-14(2)10-18-21(27)25-13-17(11-19(25)20(26)24-18)23-12-15-6-8-16(9-7-15)22(3,4)5/h6-9,14,17-19,23H,10-13H2,1-5H3,(H,24,26)/t17-,18+,19-/m0/s1. The van der Waals surface area contributed by atoms with Gasteiger partial charge in [-0.3, -0.25) is 9.59 Å². The Morgan fingerprint density at radius 2 is 1.85 bits per heavy atom. The molecule has 5 heteroatoms. The first kappa shape index (κ1) is 19.9. The number of fused-ring (bicyclic) bond motifs is 1. The van der Waals surface area contributed by atoms with Crippen LogP contribution in [-0.4, -0.2) is 41.4 Å². The van der Waals surface area contributed by atoms with Crippen molar-refractivity contribution in [2.75, 3.05) is 6.54 Å². The number of piperazine rings is 1. The fourth-order valence-electron chi connectivity index (χ4n) is 4.02. The van der Waals surface area contributed by atoms with Gasteiger partial charge in [0.15, 0.2) is 0 Å². The van der Waals surface area contributed by atoms with E-state index in [2.05, 4.69) is 69.5 Å². The maximum atomic E-state index is 12.7. The van der Waals surface area contributed by atoms with Crippen LogP contribution in [0.5, 0.6) is 0 Å². The van der Waals surface area contributed by atoms with Crippen LogP contribution in [0.15, 0.2) is 24.3 Å². The van der Waals surface area contributed by atoms with Gasteiger partial charge in [0.2, 0.25) is 11.8 Å². The molecular formula is C22H33N3O2. The Bertz CT molecular complexity index is 691. The molecule has 2 N–H and O–H groups in total. The summed E-state index contributed by atoms with van der Waals surface area (Å²) in [5.74, 6) is 0.453. The van der Waals surface area contributed by atoms with Gasteiger partial charge >= 0.3 is 0 Å². The second-order valence-electron chi connectivity index (χ2n) is 9.46. The topological polar surface area (TPSA) is 61.4 Å². The van der Waals surface area contributed by atoms with Crippen LogP contribution in [0.1, 0.15) is 58.6 Å². The lowest BCUT2D eigenvalue weighted by Crippen LogP contribution is -2.61. The lowest BCUT2D eigenvalue weighted by atomic mass is 9.87. The van der Waals surface area contributed by atoms with Gasteiger partial charge in [0.05, 0.1) is 0 Å². The molecule has 5 nitrogen and oxygen atoms in total. The van der Waals surface area contributed by atoms with E-state index >= 15 is 0 Å². The Hall–Kier alpha value is -1.88. The summed E-state index contributed by atoms with van der Waals surface area (Å²) in [6.07, 6.45) is 1.39. The Kier molecular flexibility index (Phi) is 5.61. The van der Waals surface area contributed by atoms with Crippen molar-refractivity contribution in [3.63, 3.8) is 0 Å². The molecule has 27 heavy (non-hydrogen) atoms. The van der Waals surface area contributed by atoms with Crippen LogP contribution in [0, 0.1) is 5.92 Å². The second-order valence-corrected chi connectivity index (χ2v) is 9.46. The largest absolute Gasteiger partial charge is 0.342 e.